The van der Waals surface area contributed by atoms with Crippen LogP contribution in [0.1, 0.15) is 159 Å². The summed E-state index contributed by atoms with van der Waals surface area (Å²) >= 11 is 0. The number of aryl methyl sites for hydroxylation is 2. The summed E-state index contributed by atoms with van der Waals surface area (Å²) in [4.78, 5) is 112. The number of nitrogens with two attached hydrogens (primary N) is 1. The maximum Gasteiger partial charge on any atom is 0.251 e. The number of hydrogen-bond donors (Lipinski definition) is 9. The van der Waals surface area contributed by atoms with Gasteiger partial charge in [-0.2, -0.15) is 0 Å². The SMILES string of the molecule is CN[C@@H](C)C(=O)N[C@@H](CCCCNC(=O)c1cc(N)cc(C(=O)NCCCC[C@H](NC(=O)[C@H](C)NC)C(=O)N2CCC[C@H]2C(=O)N[C@@H]2CCCc3ccccc32)c1)C(=O)N1CCC[C@H]1C(=O)N[C@@H]1CCCc2ccccc21. The summed E-state index contributed by atoms with van der Waals surface area (Å²) in [7, 11) is 3.33. The highest BCUT2D eigenvalue weighted by Crippen LogP contribution is 2.32. The van der Waals surface area contributed by atoms with E-state index >= 15 is 0 Å². The van der Waals surface area contributed by atoms with Crippen molar-refractivity contribution in [3.63, 3.8) is 0 Å². The Balaban J connectivity index is 0.876. The molecule has 8 amide bonds. The van der Waals surface area contributed by atoms with E-state index in [4.69, 9.17) is 5.73 Å². The van der Waals surface area contributed by atoms with E-state index < -0.39 is 48.1 Å². The van der Waals surface area contributed by atoms with E-state index in [2.05, 4.69) is 66.8 Å². The molecule has 4 aliphatic rings. The lowest BCUT2D eigenvalue weighted by Crippen LogP contribution is -2.55. The second-order valence-electron chi connectivity index (χ2n) is 21.2. The number of likely N-dealkylation sites (tertiary alicyclic amines) is 2. The number of carbonyl (C=O) groups is 8. The van der Waals surface area contributed by atoms with Crippen LogP contribution in [0.25, 0.3) is 0 Å². The van der Waals surface area contributed by atoms with Crippen LogP contribution in [0.4, 0.5) is 5.69 Å². The number of amides is 8. The van der Waals surface area contributed by atoms with Gasteiger partial charge in [-0.1, -0.05) is 48.5 Å². The number of benzene rings is 3. The first kappa shape index (κ1) is 57.8. The van der Waals surface area contributed by atoms with Gasteiger partial charge in [0.25, 0.3) is 11.8 Å². The number of rotatable bonds is 24. The third-order valence-electron chi connectivity index (χ3n) is 15.8. The normalized spacial score (nSPS) is 20.3. The van der Waals surface area contributed by atoms with Gasteiger partial charge in [0.05, 0.1) is 24.2 Å². The van der Waals surface area contributed by atoms with Crippen molar-refractivity contribution in [3.05, 3.63) is 100 Å². The zero-order chi connectivity index (χ0) is 55.0. The lowest BCUT2D eigenvalue weighted by atomic mass is 9.87. The van der Waals surface area contributed by atoms with Crippen LogP contribution in [0.3, 0.4) is 0 Å². The van der Waals surface area contributed by atoms with Gasteiger partial charge < -0.3 is 58.1 Å². The van der Waals surface area contributed by atoms with Gasteiger partial charge in [-0.15, -0.1) is 0 Å². The maximum atomic E-state index is 14.2. The number of nitrogens with one attached hydrogen (secondary N) is 8. The Morgan fingerprint density at radius 3 is 1.39 bits per heavy atom. The molecule has 2 heterocycles. The molecule has 19 nitrogen and oxygen atoms in total. The quantitative estimate of drug-likeness (QED) is 0.0462. The Morgan fingerprint density at radius 1 is 0.558 bits per heavy atom. The van der Waals surface area contributed by atoms with Crippen LogP contribution in [0, 0.1) is 0 Å². The summed E-state index contributed by atoms with van der Waals surface area (Å²) in [5, 5.41) is 23.9. The van der Waals surface area contributed by atoms with Crippen molar-refractivity contribution in [3.8, 4) is 0 Å². The molecule has 77 heavy (non-hydrogen) atoms. The van der Waals surface area contributed by atoms with Gasteiger partial charge >= 0.3 is 0 Å². The number of carbonyl (C=O) groups excluding carboxylic acids is 8. The minimum absolute atomic E-state index is 0.122. The smallest absolute Gasteiger partial charge is 0.251 e. The van der Waals surface area contributed by atoms with Gasteiger partial charge in [0.2, 0.25) is 35.4 Å². The molecule has 8 atom stereocenters. The van der Waals surface area contributed by atoms with Crippen LogP contribution in [0.15, 0.2) is 66.7 Å². The summed E-state index contributed by atoms with van der Waals surface area (Å²) in [5.74, 6) is -2.55. The number of fused-ring (bicyclic) bond motifs is 2. The zero-order valence-electron chi connectivity index (χ0n) is 45.3. The van der Waals surface area contributed by atoms with Gasteiger partial charge in [-0.3, -0.25) is 38.4 Å². The molecule has 2 aliphatic carbocycles. The fraction of sp³-hybridized carbons (Fsp3) is 0.552. The number of hydrogen-bond acceptors (Lipinski definition) is 11. The lowest BCUT2D eigenvalue weighted by molar-refractivity contribution is -0.142. The number of likely N-dealkylation sites (N-methyl/N-ethyl adjacent to an activating group) is 2. The molecule has 0 saturated carbocycles. The number of nitrogen functional groups attached to an aromatic ring is 1. The van der Waals surface area contributed by atoms with Gasteiger partial charge in [-0.25, -0.2) is 0 Å². The summed E-state index contributed by atoms with van der Waals surface area (Å²) in [5.41, 5.74) is 11.5. The summed E-state index contributed by atoms with van der Waals surface area (Å²) in [6.07, 6.45) is 10.4. The van der Waals surface area contributed by atoms with Gasteiger partial charge in [0, 0.05) is 43.0 Å². The fourth-order valence-corrected chi connectivity index (χ4v) is 11.2. The van der Waals surface area contributed by atoms with Crippen molar-refractivity contribution in [2.45, 2.75) is 165 Å². The Kier molecular flexibility index (Phi) is 21.0. The molecule has 3 aromatic rings. The molecule has 19 heteroatoms. The van der Waals surface area contributed by atoms with Gasteiger partial charge in [-0.05, 0) is 171 Å². The van der Waals surface area contributed by atoms with Crippen LogP contribution in [-0.4, -0.2) is 134 Å². The van der Waals surface area contributed by atoms with Crippen molar-refractivity contribution in [2.75, 3.05) is 46.0 Å². The highest BCUT2D eigenvalue weighted by atomic mass is 16.2. The standard InChI is InChI=1S/C58H81N11O8/c1-36(60-3)51(70)66-47(57(76)68-31-15-27-49(68)55(74)64-45-25-13-19-38-17-5-7-21-43(38)45)23-9-11-29-62-53(72)40-33-41(35-42(59)34-40)54(73)63-30-12-10-24-48(67-52(71)37(2)61-4)58(77)69-32-16-28-50(69)56(75)65-46-26-14-20-39-18-6-8-22-44(39)46/h5-8,17-18,21-22,33-37,45-50,60-61H,9-16,19-20,23-32,59H2,1-4H3,(H,62,72)(H,63,73)(H,64,74)(H,65,75)(H,66,70)(H,67,71)/t36-,37-,45+,46+,47-,48-,49-,50-/m0/s1. The molecular formula is C58H81N11O8. The topological polar surface area (TPSA) is 265 Å². The Morgan fingerprint density at radius 2 is 0.974 bits per heavy atom. The lowest BCUT2D eigenvalue weighted by Gasteiger charge is -2.32. The van der Waals surface area contributed by atoms with Gasteiger partial charge in [0.1, 0.15) is 24.2 Å². The highest BCUT2D eigenvalue weighted by molar-refractivity contribution is 6.01. The first-order valence-electron chi connectivity index (χ1n) is 28.0. The predicted molar refractivity (Wildman–Crippen MR) is 294 cm³/mol. The average Bonchev–Trinajstić information content (AvgIpc) is 4.16. The van der Waals surface area contributed by atoms with Crippen molar-refractivity contribution in [1.29, 1.82) is 0 Å². The van der Waals surface area contributed by atoms with Crippen LogP contribution < -0.4 is 48.3 Å². The second-order valence-corrected chi connectivity index (χ2v) is 21.2. The fourth-order valence-electron chi connectivity index (χ4n) is 11.2. The summed E-state index contributed by atoms with van der Waals surface area (Å²) in [6.45, 7) is 4.71. The molecule has 2 saturated heterocycles. The molecule has 2 aliphatic heterocycles. The van der Waals surface area contributed by atoms with E-state index in [0.29, 0.717) is 64.5 Å². The highest BCUT2D eigenvalue weighted by Gasteiger charge is 2.41. The summed E-state index contributed by atoms with van der Waals surface area (Å²) < 4.78 is 0. The molecule has 0 aromatic heterocycles. The molecule has 0 radical (unpaired) electrons. The maximum absolute atomic E-state index is 14.2. The molecule has 3 aromatic carbocycles. The molecule has 0 bridgehead atoms. The van der Waals surface area contributed by atoms with Crippen molar-refractivity contribution < 1.29 is 38.4 Å². The molecule has 7 rings (SSSR count). The largest absolute Gasteiger partial charge is 0.399 e. The van der Waals surface area contributed by atoms with E-state index in [9.17, 15) is 38.4 Å². The zero-order valence-corrected chi connectivity index (χ0v) is 45.3. The molecular weight excluding hydrogens is 979 g/mol. The van der Waals surface area contributed by atoms with Crippen LogP contribution in [-0.2, 0) is 41.6 Å². The third kappa shape index (κ3) is 15.2. The number of anilines is 1. The second kappa shape index (κ2) is 28.0. The van der Waals surface area contributed by atoms with Crippen molar-refractivity contribution in [2.24, 2.45) is 0 Å². The van der Waals surface area contributed by atoms with E-state index in [1.54, 1.807) is 37.7 Å². The Hall–Kier alpha value is -6.86. The molecule has 0 unspecified atom stereocenters. The average molecular weight is 1060 g/mol. The Bertz CT molecular complexity index is 2420. The minimum Gasteiger partial charge on any atom is -0.399 e. The Labute approximate surface area is 453 Å². The van der Waals surface area contributed by atoms with Crippen LogP contribution in [0.2, 0.25) is 0 Å². The van der Waals surface area contributed by atoms with Crippen LogP contribution >= 0.6 is 0 Å². The van der Waals surface area contributed by atoms with Gasteiger partial charge in [0.15, 0.2) is 0 Å². The summed E-state index contributed by atoms with van der Waals surface area (Å²) in [6, 6.07) is 16.3. The molecule has 0 spiro atoms. The van der Waals surface area contributed by atoms with Crippen molar-refractivity contribution >= 4 is 52.9 Å². The van der Waals surface area contributed by atoms with E-state index in [1.807, 2.05) is 24.3 Å². The first-order chi connectivity index (χ1) is 37.2. The molecule has 416 valence electrons. The minimum atomic E-state index is -0.877. The predicted octanol–water partition coefficient (Wildman–Crippen LogP) is 3.62. The monoisotopic (exact) mass is 1060 g/mol. The van der Waals surface area contributed by atoms with E-state index in [0.717, 1.165) is 49.7 Å². The molecule has 10 N–H and O–H groups in total. The van der Waals surface area contributed by atoms with E-state index in [-0.39, 0.29) is 90.3 Å². The first-order valence-corrected chi connectivity index (χ1v) is 28.0. The third-order valence-corrected chi connectivity index (χ3v) is 15.8. The number of nitrogens with zero attached hydrogens (tertiary/aromatic N) is 2. The van der Waals surface area contributed by atoms with Crippen LogP contribution in [0.5, 0.6) is 0 Å². The van der Waals surface area contributed by atoms with E-state index in [1.165, 1.54) is 29.3 Å². The van der Waals surface area contributed by atoms with Crippen molar-refractivity contribution in [1.82, 2.24) is 52.3 Å². The molecule has 2 fully saturated rings. The number of unbranched alkanes of at least 4 members (excludes halogenated alkanes) is 2.